The summed E-state index contributed by atoms with van der Waals surface area (Å²) in [7, 11) is 0. The molecule has 2 aromatic rings. The van der Waals surface area contributed by atoms with Crippen molar-refractivity contribution in [3.05, 3.63) is 58.9 Å². The fourth-order valence-electron chi connectivity index (χ4n) is 2.67. The summed E-state index contributed by atoms with van der Waals surface area (Å²) in [6, 6.07) is 7.78. The topological polar surface area (TPSA) is 59.2 Å². The van der Waals surface area contributed by atoms with Gasteiger partial charge in [0.2, 0.25) is 0 Å². The Kier molecular flexibility index (Phi) is 3.14. The van der Waals surface area contributed by atoms with E-state index >= 15 is 0 Å². The molecule has 0 unspecified atom stereocenters. The van der Waals surface area contributed by atoms with Crippen molar-refractivity contribution in [1.82, 2.24) is 9.88 Å². The number of anilines is 1. The predicted molar refractivity (Wildman–Crippen MR) is 78.3 cm³/mol. The number of carbonyl (C=O) groups is 1. The number of benzene rings is 1. The van der Waals surface area contributed by atoms with Crippen molar-refractivity contribution in [2.24, 2.45) is 0 Å². The predicted octanol–water partition coefficient (Wildman–Crippen LogP) is 2.17. The van der Waals surface area contributed by atoms with Gasteiger partial charge < -0.3 is 10.6 Å². The number of nitrogens with zero attached hydrogens (tertiary/aromatic N) is 2. The smallest absolute Gasteiger partial charge is 0.255 e. The van der Waals surface area contributed by atoms with Gasteiger partial charge in [0, 0.05) is 31.2 Å². The molecular formula is C16H17N3O. The highest BCUT2D eigenvalue weighted by Crippen LogP contribution is 2.25. The molecule has 1 aromatic heterocycles. The molecule has 0 fully saturated rings. The number of rotatable bonds is 1. The monoisotopic (exact) mass is 267 g/mol. The van der Waals surface area contributed by atoms with Crippen LogP contribution in [0.15, 0.2) is 36.7 Å². The lowest BCUT2D eigenvalue weighted by Crippen LogP contribution is -2.36. The summed E-state index contributed by atoms with van der Waals surface area (Å²) >= 11 is 0. The SMILES string of the molecule is Cc1cncc(C(=O)N2CCc3c(N)cccc3C2)c1. The van der Waals surface area contributed by atoms with Crippen molar-refractivity contribution in [2.75, 3.05) is 12.3 Å². The summed E-state index contributed by atoms with van der Waals surface area (Å²) in [6.45, 7) is 3.26. The zero-order valence-corrected chi connectivity index (χ0v) is 11.5. The average Bonchev–Trinajstić information content (AvgIpc) is 2.46. The van der Waals surface area contributed by atoms with E-state index in [4.69, 9.17) is 5.73 Å². The van der Waals surface area contributed by atoms with Crippen LogP contribution in [0.3, 0.4) is 0 Å². The molecule has 4 heteroatoms. The summed E-state index contributed by atoms with van der Waals surface area (Å²) in [6.07, 6.45) is 4.19. The van der Waals surface area contributed by atoms with Crippen LogP contribution >= 0.6 is 0 Å². The van der Waals surface area contributed by atoms with Crippen LogP contribution < -0.4 is 5.73 Å². The van der Waals surface area contributed by atoms with Gasteiger partial charge in [-0.2, -0.15) is 0 Å². The number of nitrogen functional groups attached to an aromatic ring is 1. The van der Waals surface area contributed by atoms with Gasteiger partial charge in [0.15, 0.2) is 0 Å². The molecule has 1 aliphatic heterocycles. The molecule has 1 aliphatic rings. The Morgan fingerprint density at radius 3 is 3.00 bits per heavy atom. The van der Waals surface area contributed by atoms with Gasteiger partial charge in [-0.15, -0.1) is 0 Å². The number of amides is 1. The van der Waals surface area contributed by atoms with E-state index in [1.54, 1.807) is 12.4 Å². The van der Waals surface area contributed by atoms with Crippen molar-refractivity contribution in [3.8, 4) is 0 Å². The van der Waals surface area contributed by atoms with E-state index in [0.717, 1.165) is 23.2 Å². The highest BCUT2D eigenvalue weighted by molar-refractivity contribution is 5.94. The number of aryl methyl sites for hydroxylation is 1. The van der Waals surface area contributed by atoms with E-state index in [9.17, 15) is 4.79 Å². The minimum Gasteiger partial charge on any atom is -0.398 e. The van der Waals surface area contributed by atoms with Gasteiger partial charge in [0.1, 0.15) is 0 Å². The summed E-state index contributed by atoms with van der Waals surface area (Å²) in [5.41, 5.74) is 10.8. The minimum absolute atomic E-state index is 0.0364. The molecule has 0 aliphatic carbocycles. The van der Waals surface area contributed by atoms with E-state index in [-0.39, 0.29) is 5.91 Å². The Hall–Kier alpha value is -2.36. The number of pyridine rings is 1. The molecule has 0 saturated heterocycles. The first kappa shape index (κ1) is 12.7. The third-order valence-corrected chi connectivity index (χ3v) is 3.71. The summed E-state index contributed by atoms with van der Waals surface area (Å²) < 4.78 is 0. The number of fused-ring (bicyclic) bond motifs is 1. The molecule has 1 amide bonds. The third kappa shape index (κ3) is 2.25. The second-order valence-corrected chi connectivity index (χ2v) is 5.21. The number of aromatic nitrogens is 1. The van der Waals surface area contributed by atoms with Gasteiger partial charge in [-0.05, 0) is 42.2 Å². The van der Waals surface area contributed by atoms with E-state index in [2.05, 4.69) is 4.98 Å². The first-order valence-corrected chi connectivity index (χ1v) is 6.72. The fourth-order valence-corrected chi connectivity index (χ4v) is 2.67. The Labute approximate surface area is 118 Å². The van der Waals surface area contributed by atoms with Gasteiger partial charge in [-0.3, -0.25) is 9.78 Å². The summed E-state index contributed by atoms with van der Waals surface area (Å²) in [4.78, 5) is 18.5. The molecule has 0 bridgehead atoms. The maximum absolute atomic E-state index is 12.5. The molecule has 20 heavy (non-hydrogen) atoms. The summed E-state index contributed by atoms with van der Waals surface area (Å²) in [5.74, 6) is 0.0364. The molecular weight excluding hydrogens is 250 g/mol. The van der Waals surface area contributed by atoms with E-state index < -0.39 is 0 Å². The van der Waals surface area contributed by atoms with Crippen LogP contribution in [-0.4, -0.2) is 22.3 Å². The van der Waals surface area contributed by atoms with Crippen LogP contribution in [0.25, 0.3) is 0 Å². The maximum Gasteiger partial charge on any atom is 0.255 e. The Balaban J connectivity index is 1.85. The fraction of sp³-hybridized carbons (Fsp3) is 0.250. The van der Waals surface area contributed by atoms with Crippen molar-refractivity contribution in [1.29, 1.82) is 0 Å². The van der Waals surface area contributed by atoms with Gasteiger partial charge in [0.05, 0.1) is 5.56 Å². The van der Waals surface area contributed by atoms with Gasteiger partial charge in [-0.1, -0.05) is 12.1 Å². The van der Waals surface area contributed by atoms with Crippen molar-refractivity contribution >= 4 is 11.6 Å². The highest BCUT2D eigenvalue weighted by Gasteiger charge is 2.22. The number of hydrogen-bond acceptors (Lipinski definition) is 3. The first-order chi connectivity index (χ1) is 9.65. The Morgan fingerprint density at radius 1 is 1.35 bits per heavy atom. The standard InChI is InChI=1S/C16H17N3O/c1-11-7-13(9-18-8-11)16(20)19-6-5-14-12(10-19)3-2-4-15(14)17/h2-4,7-9H,5-6,10,17H2,1H3. The molecule has 4 nitrogen and oxygen atoms in total. The molecule has 3 rings (SSSR count). The quantitative estimate of drug-likeness (QED) is 0.806. The van der Waals surface area contributed by atoms with Crippen LogP contribution in [-0.2, 0) is 13.0 Å². The van der Waals surface area contributed by atoms with Gasteiger partial charge >= 0.3 is 0 Å². The number of hydrogen-bond donors (Lipinski definition) is 1. The maximum atomic E-state index is 12.5. The lowest BCUT2D eigenvalue weighted by Gasteiger charge is -2.29. The van der Waals surface area contributed by atoms with Crippen LogP contribution in [0.5, 0.6) is 0 Å². The van der Waals surface area contributed by atoms with E-state index in [0.29, 0.717) is 18.7 Å². The molecule has 102 valence electrons. The molecule has 2 N–H and O–H groups in total. The lowest BCUT2D eigenvalue weighted by molar-refractivity contribution is 0.0734. The van der Waals surface area contributed by atoms with Gasteiger partial charge in [-0.25, -0.2) is 0 Å². The molecule has 2 heterocycles. The lowest BCUT2D eigenvalue weighted by atomic mass is 9.97. The van der Waals surface area contributed by atoms with E-state index in [1.165, 1.54) is 5.56 Å². The van der Waals surface area contributed by atoms with Crippen LogP contribution in [0.4, 0.5) is 5.69 Å². The second-order valence-electron chi connectivity index (χ2n) is 5.21. The Morgan fingerprint density at radius 2 is 2.20 bits per heavy atom. The van der Waals surface area contributed by atoms with Crippen molar-refractivity contribution in [2.45, 2.75) is 19.9 Å². The molecule has 0 radical (unpaired) electrons. The van der Waals surface area contributed by atoms with Crippen LogP contribution in [0.2, 0.25) is 0 Å². The normalized spacial score (nSPS) is 13.9. The summed E-state index contributed by atoms with van der Waals surface area (Å²) in [5, 5.41) is 0. The Bertz CT molecular complexity index is 667. The van der Waals surface area contributed by atoms with Crippen LogP contribution in [0, 0.1) is 6.92 Å². The minimum atomic E-state index is 0.0364. The molecule has 1 aromatic carbocycles. The van der Waals surface area contributed by atoms with E-state index in [1.807, 2.05) is 36.1 Å². The first-order valence-electron chi connectivity index (χ1n) is 6.72. The molecule has 0 atom stereocenters. The van der Waals surface area contributed by atoms with Crippen LogP contribution in [0.1, 0.15) is 27.0 Å². The molecule has 0 spiro atoms. The number of carbonyl (C=O) groups excluding carboxylic acids is 1. The van der Waals surface area contributed by atoms with Crippen molar-refractivity contribution in [3.63, 3.8) is 0 Å². The average molecular weight is 267 g/mol. The second kappa shape index (κ2) is 4.96. The third-order valence-electron chi connectivity index (χ3n) is 3.71. The highest BCUT2D eigenvalue weighted by atomic mass is 16.2. The van der Waals surface area contributed by atoms with Gasteiger partial charge in [0.25, 0.3) is 5.91 Å². The van der Waals surface area contributed by atoms with Crippen molar-refractivity contribution < 1.29 is 4.79 Å². The zero-order chi connectivity index (χ0) is 14.1. The number of nitrogens with two attached hydrogens (primary N) is 1. The molecule has 0 saturated carbocycles. The zero-order valence-electron chi connectivity index (χ0n) is 11.5. The largest absolute Gasteiger partial charge is 0.398 e.